The van der Waals surface area contributed by atoms with Crippen molar-refractivity contribution < 1.29 is 8.42 Å². The van der Waals surface area contributed by atoms with E-state index < -0.39 is 15.6 Å². The maximum atomic E-state index is 12.5. The summed E-state index contributed by atoms with van der Waals surface area (Å²) in [7, 11) is -3.54. The summed E-state index contributed by atoms with van der Waals surface area (Å²) in [6.07, 6.45) is 1.51. The molecule has 0 radical (unpaired) electrons. The van der Waals surface area contributed by atoms with Gasteiger partial charge in [-0.3, -0.25) is 0 Å². The Hall–Kier alpha value is -0.910. The molecule has 1 unspecified atom stereocenters. The van der Waals surface area contributed by atoms with E-state index in [-0.39, 0.29) is 6.54 Å². The molecule has 0 aliphatic carbocycles. The van der Waals surface area contributed by atoms with Gasteiger partial charge in [-0.15, -0.1) is 0 Å². The summed E-state index contributed by atoms with van der Waals surface area (Å²) >= 11 is 0. The summed E-state index contributed by atoms with van der Waals surface area (Å²) in [5.74, 6) is 0.369. The van der Waals surface area contributed by atoms with Crippen molar-refractivity contribution in [3.63, 3.8) is 0 Å². The molecule has 1 aromatic rings. The van der Waals surface area contributed by atoms with E-state index in [1.807, 2.05) is 19.9 Å². The van der Waals surface area contributed by atoms with Crippen molar-refractivity contribution in [1.29, 1.82) is 0 Å². The number of nitrogens with one attached hydrogen (secondary N) is 1. The molecule has 20 heavy (non-hydrogen) atoms. The first kappa shape index (κ1) is 17.1. The predicted molar refractivity (Wildman–Crippen MR) is 83.1 cm³/mol. The van der Waals surface area contributed by atoms with Gasteiger partial charge in [-0.05, 0) is 43.4 Å². The van der Waals surface area contributed by atoms with Crippen molar-refractivity contribution in [1.82, 2.24) is 4.72 Å². The number of rotatable bonds is 7. The van der Waals surface area contributed by atoms with Gasteiger partial charge in [-0.25, -0.2) is 13.1 Å². The molecule has 0 saturated heterocycles. The van der Waals surface area contributed by atoms with Gasteiger partial charge in [0.15, 0.2) is 0 Å². The lowest BCUT2D eigenvalue weighted by molar-refractivity contribution is 0.344. The minimum absolute atomic E-state index is 0.276. The van der Waals surface area contributed by atoms with Crippen LogP contribution in [-0.4, -0.2) is 20.5 Å². The lowest BCUT2D eigenvalue weighted by atomic mass is 9.92. The minimum atomic E-state index is -3.54. The van der Waals surface area contributed by atoms with Crippen LogP contribution in [0, 0.1) is 5.92 Å². The highest BCUT2D eigenvalue weighted by Crippen LogP contribution is 2.20. The van der Waals surface area contributed by atoms with E-state index in [2.05, 4.69) is 18.6 Å². The fourth-order valence-corrected chi connectivity index (χ4v) is 3.88. The minimum Gasteiger partial charge on any atom is -0.329 e. The van der Waals surface area contributed by atoms with E-state index in [9.17, 15) is 8.42 Å². The van der Waals surface area contributed by atoms with E-state index in [0.717, 1.165) is 12.0 Å². The van der Waals surface area contributed by atoms with E-state index >= 15 is 0 Å². The summed E-state index contributed by atoms with van der Waals surface area (Å²) in [6, 6.07) is 7.04. The van der Waals surface area contributed by atoms with Crippen molar-refractivity contribution in [3.05, 3.63) is 29.8 Å². The Labute approximate surface area is 122 Å². The van der Waals surface area contributed by atoms with Crippen LogP contribution in [0.15, 0.2) is 29.2 Å². The van der Waals surface area contributed by atoms with Crippen LogP contribution >= 0.6 is 0 Å². The van der Waals surface area contributed by atoms with Gasteiger partial charge in [-0.1, -0.05) is 32.9 Å². The Kier molecular flexibility index (Phi) is 5.74. The highest BCUT2D eigenvalue weighted by molar-refractivity contribution is 7.89. The summed E-state index contributed by atoms with van der Waals surface area (Å²) in [6.45, 7) is 8.24. The molecule has 0 heterocycles. The van der Waals surface area contributed by atoms with Gasteiger partial charge < -0.3 is 5.73 Å². The third kappa shape index (κ3) is 4.58. The van der Waals surface area contributed by atoms with Crippen molar-refractivity contribution in [2.24, 2.45) is 11.7 Å². The van der Waals surface area contributed by atoms with E-state index in [0.29, 0.717) is 17.2 Å². The maximum Gasteiger partial charge on any atom is 0.241 e. The molecule has 0 aromatic heterocycles. The number of sulfonamides is 1. The van der Waals surface area contributed by atoms with Gasteiger partial charge in [-0.2, -0.15) is 0 Å². The van der Waals surface area contributed by atoms with Gasteiger partial charge in [0.05, 0.1) is 4.90 Å². The summed E-state index contributed by atoms with van der Waals surface area (Å²) in [4.78, 5) is 0.306. The molecule has 0 saturated carbocycles. The SMILES string of the molecule is CCc1cccc(S(=O)(=O)NC(C)(CN)CC(C)C)c1. The van der Waals surface area contributed by atoms with Crippen molar-refractivity contribution >= 4 is 10.0 Å². The topological polar surface area (TPSA) is 72.2 Å². The van der Waals surface area contributed by atoms with Crippen LogP contribution in [0.1, 0.15) is 39.7 Å². The molecule has 1 rings (SSSR count). The summed E-state index contributed by atoms with van der Waals surface area (Å²) < 4.78 is 27.7. The van der Waals surface area contributed by atoms with Crippen LogP contribution < -0.4 is 10.5 Å². The molecule has 5 heteroatoms. The quantitative estimate of drug-likeness (QED) is 0.811. The second-order valence-electron chi connectivity index (χ2n) is 5.97. The standard InChI is InChI=1S/C15H26N2O2S/c1-5-13-7-6-8-14(9-13)20(18,19)17-15(4,11-16)10-12(2)3/h6-9,12,17H,5,10-11,16H2,1-4H3. The van der Waals surface area contributed by atoms with Gasteiger partial charge in [0.2, 0.25) is 10.0 Å². The zero-order valence-electron chi connectivity index (χ0n) is 12.8. The first-order valence-electron chi connectivity index (χ1n) is 7.05. The largest absolute Gasteiger partial charge is 0.329 e. The third-order valence-corrected chi connectivity index (χ3v) is 4.94. The molecular weight excluding hydrogens is 272 g/mol. The van der Waals surface area contributed by atoms with Crippen molar-refractivity contribution in [3.8, 4) is 0 Å². The molecule has 0 spiro atoms. The van der Waals surface area contributed by atoms with E-state index in [4.69, 9.17) is 5.73 Å². The summed E-state index contributed by atoms with van der Waals surface area (Å²) in [5, 5.41) is 0. The van der Waals surface area contributed by atoms with Crippen molar-refractivity contribution in [2.45, 2.75) is 51.0 Å². The zero-order chi connectivity index (χ0) is 15.4. The van der Waals surface area contributed by atoms with Gasteiger partial charge in [0.1, 0.15) is 0 Å². The van der Waals surface area contributed by atoms with Crippen LogP contribution in [0.25, 0.3) is 0 Å². The second-order valence-corrected chi connectivity index (χ2v) is 7.65. The fraction of sp³-hybridized carbons (Fsp3) is 0.600. The molecule has 0 aliphatic rings. The molecule has 1 aromatic carbocycles. The molecule has 114 valence electrons. The monoisotopic (exact) mass is 298 g/mol. The fourth-order valence-electron chi connectivity index (χ4n) is 2.38. The maximum absolute atomic E-state index is 12.5. The normalized spacial score (nSPS) is 15.3. The van der Waals surface area contributed by atoms with E-state index in [1.54, 1.807) is 18.2 Å². The lowest BCUT2D eigenvalue weighted by Gasteiger charge is -2.30. The van der Waals surface area contributed by atoms with Gasteiger partial charge in [0, 0.05) is 12.1 Å². The lowest BCUT2D eigenvalue weighted by Crippen LogP contribution is -2.51. The highest BCUT2D eigenvalue weighted by Gasteiger charge is 2.30. The Morgan fingerprint density at radius 2 is 2.00 bits per heavy atom. The smallest absolute Gasteiger partial charge is 0.241 e. The third-order valence-electron chi connectivity index (χ3n) is 3.31. The zero-order valence-corrected chi connectivity index (χ0v) is 13.6. The number of aryl methyl sites for hydroxylation is 1. The molecule has 4 nitrogen and oxygen atoms in total. The Morgan fingerprint density at radius 1 is 1.35 bits per heavy atom. The number of hydrogen-bond acceptors (Lipinski definition) is 3. The molecule has 0 fully saturated rings. The predicted octanol–water partition coefficient (Wildman–Crippen LogP) is 2.29. The van der Waals surface area contributed by atoms with Crippen LogP contribution in [0.5, 0.6) is 0 Å². The molecule has 3 N–H and O–H groups in total. The van der Waals surface area contributed by atoms with Crippen molar-refractivity contribution in [2.75, 3.05) is 6.54 Å². The van der Waals surface area contributed by atoms with Gasteiger partial charge in [0.25, 0.3) is 0 Å². The molecular formula is C15H26N2O2S. The Morgan fingerprint density at radius 3 is 2.50 bits per heavy atom. The first-order valence-corrected chi connectivity index (χ1v) is 8.54. The van der Waals surface area contributed by atoms with Gasteiger partial charge >= 0.3 is 0 Å². The summed E-state index contributed by atoms with van der Waals surface area (Å²) in [5.41, 5.74) is 6.16. The Bertz CT molecular complexity index is 541. The average Bonchev–Trinajstić information content (AvgIpc) is 2.37. The van der Waals surface area contributed by atoms with Crippen LogP contribution in [0.2, 0.25) is 0 Å². The molecule has 1 atom stereocenters. The highest BCUT2D eigenvalue weighted by atomic mass is 32.2. The number of hydrogen-bond donors (Lipinski definition) is 2. The number of nitrogens with two attached hydrogens (primary N) is 1. The van der Waals surface area contributed by atoms with Crippen LogP contribution in [0.4, 0.5) is 0 Å². The second kappa shape index (κ2) is 6.70. The Balaban J connectivity index is 3.03. The molecule has 0 aliphatic heterocycles. The van der Waals surface area contributed by atoms with Crippen LogP contribution in [-0.2, 0) is 16.4 Å². The molecule has 0 amide bonds. The number of benzene rings is 1. The van der Waals surface area contributed by atoms with E-state index in [1.165, 1.54) is 0 Å². The van der Waals surface area contributed by atoms with Crippen LogP contribution in [0.3, 0.4) is 0 Å². The average molecular weight is 298 g/mol. The first-order chi connectivity index (χ1) is 9.22. The molecule has 0 bridgehead atoms.